The summed E-state index contributed by atoms with van der Waals surface area (Å²) in [7, 11) is 0. The van der Waals surface area contributed by atoms with E-state index >= 15 is 0 Å². The van der Waals surface area contributed by atoms with Crippen LogP contribution >= 0.6 is 15.9 Å². The molecule has 0 bridgehead atoms. The van der Waals surface area contributed by atoms with Crippen LogP contribution in [0, 0.1) is 11.6 Å². The van der Waals surface area contributed by atoms with Gasteiger partial charge in [-0.3, -0.25) is 0 Å². The van der Waals surface area contributed by atoms with Gasteiger partial charge in [-0.2, -0.15) is 4.39 Å². The number of aromatic hydroxyl groups is 1. The summed E-state index contributed by atoms with van der Waals surface area (Å²) in [6.45, 7) is -0.234. The van der Waals surface area contributed by atoms with Gasteiger partial charge < -0.3 is 10.3 Å². The Bertz CT molecular complexity index is 333. The topological polar surface area (TPSA) is 52.5 Å². The lowest BCUT2D eigenvalue weighted by Gasteiger charge is -2.05. The molecular formula is C7H6BrF2NO2. The first-order valence-corrected chi connectivity index (χ1v) is 4.09. The van der Waals surface area contributed by atoms with Crippen molar-refractivity contribution in [1.82, 2.24) is 5.48 Å². The first-order valence-electron chi connectivity index (χ1n) is 3.30. The van der Waals surface area contributed by atoms with E-state index in [0.29, 0.717) is 0 Å². The van der Waals surface area contributed by atoms with Crippen molar-refractivity contribution in [2.45, 2.75) is 6.54 Å². The highest BCUT2D eigenvalue weighted by Gasteiger charge is 2.15. The molecule has 0 spiro atoms. The highest BCUT2D eigenvalue weighted by atomic mass is 79.9. The van der Waals surface area contributed by atoms with Gasteiger partial charge in [0, 0.05) is 12.1 Å². The molecular weight excluding hydrogens is 248 g/mol. The summed E-state index contributed by atoms with van der Waals surface area (Å²) in [5.41, 5.74) is 1.61. The van der Waals surface area contributed by atoms with Crippen LogP contribution in [0.1, 0.15) is 5.56 Å². The van der Waals surface area contributed by atoms with Crippen LogP contribution in [0.2, 0.25) is 0 Å². The number of phenolic OH excluding ortho intramolecular Hbond substituents is 1. The highest BCUT2D eigenvalue weighted by Crippen LogP contribution is 2.30. The minimum absolute atomic E-state index is 0.0386. The van der Waals surface area contributed by atoms with Gasteiger partial charge in [-0.05, 0) is 22.0 Å². The number of nitrogens with one attached hydrogen (secondary N) is 1. The third-order valence-corrected chi connectivity index (χ3v) is 2.08. The predicted molar refractivity (Wildman–Crippen MR) is 44.3 cm³/mol. The second-order valence-corrected chi connectivity index (χ2v) is 3.18. The molecule has 3 N–H and O–H groups in total. The normalized spacial score (nSPS) is 10.5. The quantitative estimate of drug-likeness (QED) is 0.558. The van der Waals surface area contributed by atoms with Crippen molar-refractivity contribution in [2.75, 3.05) is 0 Å². The van der Waals surface area contributed by atoms with Crippen molar-refractivity contribution < 1.29 is 19.1 Å². The molecule has 0 amide bonds. The van der Waals surface area contributed by atoms with E-state index in [0.717, 1.165) is 0 Å². The van der Waals surface area contributed by atoms with Gasteiger partial charge in [-0.1, -0.05) is 0 Å². The van der Waals surface area contributed by atoms with E-state index < -0.39 is 17.4 Å². The molecule has 0 aliphatic carbocycles. The van der Waals surface area contributed by atoms with Gasteiger partial charge in [-0.25, -0.2) is 9.87 Å². The maximum Gasteiger partial charge on any atom is 0.201 e. The Morgan fingerprint density at radius 1 is 1.38 bits per heavy atom. The fourth-order valence-electron chi connectivity index (χ4n) is 0.848. The number of hydroxylamine groups is 1. The molecule has 72 valence electrons. The number of benzene rings is 1. The summed E-state index contributed by atoms with van der Waals surface area (Å²) in [4.78, 5) is 0. The lowest BCUT2D eigenvalue weighted by Crippen LogP contribution is -2.09. The summed E-state index contributed by atoms with van der Waals surface area (Å²) < 4.78 is 25.8. The summed E-state index contributed by atoms with van der Waals surface area (Å²) in [5.74, 6) is -3.29. The van der Waals surface area contributed by atoms with Crippen LogP contribution in [0.5, 0.6) is 5.75 Å². The standard InChI is InChI=1S/C7H6BrF2NO2/c8-4-1-3(2-11-13)5(9)6(10)7(4)12/h1,11-13H,2H2. The van der Waals surface area contributed by atoms with E-state index in [1.165, 1.54) is 6.07 Å². The first-order chi connectivity index (χ1) is 6.07. The molecule has 0 aliphatic heterocycles. The molecule has 1 aromatic carbocycles. The van der Waals surface area contributed by atoms with Crippen molar-refractivity contribution in [3.8, 4) is 5.75 Å². The Labute approximate surface area is 81.1 Å². The van der Waals surface area contributed by atoms with E-state index in [1.807, 2.05) is 0 Å². The monoisotopic (exact) mass is 253 g/mol. The second kappa shape index (κ2) is 3.99. The summed E-state index contributed by atoms with van der Waals surface area (Å²) in [6, 6.07) is 1.18. The van der Waals surface area contributed by atoms with E-state index in [1.54, 1.807) is 5.48 Å². The molecule has 3 nitrogen and oxygen atoms in total. The van der Waals surface area contributed by atoms with Crippen molar-refractivity contribution in [3.63, 3.8) is 0 Å². The van der Waals surface area contributed by atoms with E-state index in [4.69, 9.17) is 10.3 Å². The van der Waals surface area contributed by atoms with Crippen molar-refractivity contribution >= 4 is 15.9 Å². The van der Waals surface area contributed by atoms with E-state index in [-0.39, 0.29) is 16.6 Å². The highest BCUT2D eigenvalue weighted by molar-refractivity contribution is 9.10. The smallest absolute Gasteiger partial charge is 0.201 e. The molecule has 0 atom stereocenters. The lowest BCUT2D eigenvalue weighted by atomic mass is 10.2. The van der Waals surface area contributed by atoms with Crippen LogP contribution in [0.25, 0.3) is 0 Å². The van der Waals surface area contributed by atoms with Crippen LogP contribution in [0.15, 0.2) is 10.5 Å². The predicted octanol–water partition coefficient (Wildman–Crippen LogP) is 1.91. The number of halogens is 3. The first kappa shape index (κ1) is 10.4. The van der Waals surface area contributed by atoms with Gasteiger partial charge in [-0.15, -0.1) is 0 Å². The number of phenols is 1. The van der Waals surface area contributed by atoms with Gasteiger partial charge >= 0.3 is 0 Å². The molecule has 0 saturated carbocycles. The Morgan fingerprint density at radius 3 is 2.54 bits per heavy atom. The Kier molecular flexibility index (Phi) is 3.18. The Hall–Kier alpha value is -0.720. The molecule has 0 heterocycles. The number of rotatable bonds is 2. The SMILES string of the molecule is ONCc1cc(Br)c(O)c(F)c1F. The zero-order chi connectivity index (χ0) is 10.0. The van der Waals surface area contributed by atoms with Gasteiger partial charge in [0.05, 0.1) is 4.47 Å². The molecule has 0 aliphatic rings. The molecule has 0 saturated heterocycles. The van der Waals surface area contributed by atoms with Gasteiger partial charge in [0.15, 0.2) is 11.6 Å². The van der Waals surface area contributed by atoms with E-state index in [2.05, 4.69) is 15.9 Å². The van der Waals surface area contributed by atoms with Crippen LogP contribution in [-0.2, 0) is 6.54 Å². The fourth-order valence-corrected chi connectivity index (χ4v) is 1.30. The van der Waals surface area contributed by atoms with E-state index in [9.17, 15) is 8.78 Å². The lowest BCUT2D eigenvalue weighted by molar-refractivity contribution is 0.159. The summed E-state index contributed by atoms with van der Waals surface area (Å²) in [5, 5.41) is 17.2. The minimum Gasteiger partial charge on any atom is -0.504 e. The number of hydrogen-bond donors (Lipinski definition) is 3. The molecule has 13 heavy (non-hydrogen) atoms. The van der Waals surface area contributed by atoms with Crippen molar-refractivity contribution in [3.05, 3.63) is 27.7 Å². The van der Waals surface area contributed by atoms with Crippen molar-refractivity contribution in [1.29, 1.82) is 0 Å². The maximum atomic E-state index is 12.9. The molecule has 6 heteroatoms. The van der Waals surface area contributed by atoms with Crippen LogP contribution < -0.4 is 5.48 Å². The molecule has 0 aromatic heterocycles. The maximum absolute atomic E-state index is 12.9. The largest absolute Gasteiger partial charge is 0.504 e. The third kappa shape index (κ3) is 1.96. The number of hydrogen-bond acceptors (Lipinski definition) is 3. The van der Waals surface area contributed by atoms with Gasteiger partial charge in [0.25, 0.3) is 0 Å². The molecule has 0 fully saturated rings. The third-order valence-electron chi connectivity index (χ3n) is 1.48. The second-order valence-electron chi connectivity index (χ2n) is 2.33. The summed E-state index contributed by atoms with van der Waals surface area (Å²) >= 11 is 2.83. The zero-order valence-electron chi connectivity index (χ0n) is 6.31. The molecule has 0 radical (unpaired) electrons. The minimum atomic E-state index is -1.33. The molecule has 1 rings (SSSR count). The Morgan fingerprint density at radius 2 is 2.00 bits per heavy atom. The average Bonchev–Trinajstić information content (AvgIpc) is 2.11. The zero-order valence-corrected chi connectivity index (χ0v) is 7.90. The van der Waals surface area contributed by atoms with Crippen LogP contribution in [0.4, 0.5) is 8.78 Å². The van der Waals surface area contributed by atoms with Gasteiger partial charge in [0.2, 0.25) is 5.82 Å². The molecule has 0 unspecified atom stereocenters. The Balaban J connectivity index is 3.24. The van der Waals surface area contributed by atoms with Crippen molar-refractivity contribution in [2.24, 2.45) is 0 Å². The summed E-state index contributed by atoms with van der Waals surface area (Å²) in [6.07, 6.45) is 0. The van der Waals surface area contributed by atoms with Gasteiger partial charge in [0.1, 0.15) is 0 Å². The van der Waals surface area contributed by atoms with Crippen LogP contribution in [0.3, 0.4) is 0 Å². The molecule has 1 aromatic rings. The average molecular weight is 254 g/mol. The fraction of sp³-hybridized carbons (Fsp3) is 0.143. The van der Waals surface area contributed by atoms with Crippen LogP contribution in [-0.4, -0.2) is 10.3 Å².